The Kier molecular flexibility index (Phi) is 5.21. The van der Waals surface area contributed by atoms with Crippen molar-refractivity contribution in [2.75, 3.05) is 41.3 Å². The summed E-state index contributed by atoms with van der Waals surface area (Å²) in [5.41, 5.74) is 2.24. The Labute approximate surface area is 166 Å². The first-order valence-electron chi connectivity index (χ1n) is 9.04. The van der Waals surface area contributed by atoms with Gasteiger partial charge in [0.2, 0.25) is 5.91 Å². The number of carbonyl (C=O) groups excluding carboxylic acids is 1. The number of nitrogens with one attached hydrogen (secondary N) is 1. The van der Waals surface area contributed by atoms with Gasteiger partial charge in [-0.05, 0) is 24.3 Å². The zero-order valence-corrected chi connectivity index (χ0v) is 16.2. The maximum atomic E-state index is 14.0. The number of pyridine rings is 1. The van der Waals surface area contributed by atoms with Crippen LogP contribution in [0.25, 0.3) is 11.3 Å². The van der Waals surface area contributed by atoms with Crippen LogP contribution in [0.5, 0.6) is 0 Å². The van der Waals surface area contributed by atoms with Gasteiger partial charge in [-0.15, -0.1) is 11.3 Å². The number of nitrogens with zero attached hydrogens (tertiary/aromatic N) is 4. The van der Waals surface area contributed by atoms with Crippen molar-refractivity contribution >= 4 is 33.9 Å². The van der Waals surface area contributed by atoms with Crippen LogP contribution >= 0.6 is 11.3 Å². The van der Waals surface area contributed by atoms with Crippen LogP contribution < -0.4 is 15.1 Å². The summed E-state index contributed by atoms with van der Waals surface area (Å²) >= 11 is 1.54. The summed E-state index contributed by atoms with van der Waals surface area (Å²) in [7, 11) is 0. The van der Waals surface area contributed by atoms with E-state index >= 15 is 0 Å². The van der Waals surface area contributed by atoms with Crippen LogP contribution in [0.3, 0.4) is 0 Å². The van der Waals surface area contributed by atoms with Gasteiger partial charge in [0.1, 0.15) is 11.6 Å². The van der Waals surface area contributed by atoms with Crippen LogP contribution in [-0.2, 0) is 4.79 Å². The number of benzene rings is 1. The number of piperazine rings is 1. The van der Waals surface area contributed by atoms with Crippen LogP contribution in [0, 0.1) is 5.82 Å². The Morgan fingerprint density at radius 2 is 1.86 bits per heavy atom. The monoisotopic (exact) mass is 397 g/mol. The zero-order valence-electron chi connectivity index (χ0n) is 15.4. The molecule has 0 saturated carbocycles. The summed E-state index contributed by atoms with van der Waals surface area (Å²) in [5, 5.41) is 5.49. The SMILES string of the molecule is CC(=O)Nc1ccc(N2CCN(c3nc(-c4ccccc4F)cs3)CC2)cn1. The molecule has 3 heterocycles. The molecule has 4 rings (SSSR count). The molecule has 0 aliphatic carbocycles. The van der Waals surface area contributed by atoms with Crippen molar-refractivity contribution in [2.45, 2.75) is 6.92 Å². The summed E-state index contributed by atoms with van der Waals surface area (Å²) in [6.07, 6.45) is 1.78. The normalized spacial score (nSPS) is 14.2. The molecule has 1 aliphatic heterocycles. The second kappa shape index (κ2) is 7.93. The molecule has 3 aromatic rings. The number of halogens is 1. The largest absolute Gasteiger partial charge is 0.367 e. The summed E-state index contributed by atoms with van der Waals surface area (Å²) in [6.45, 7) is 4.81. The van der Waals surface area contributed by atoms with Crippen molar-refractivity contribution in [2.24, 2.45) is 0 Å². The third kappa shape index (κ3) is 3.96. The average Bonchev–Trinajstić information content (AvgIpc) is 3.19. The van der Waals surface area contributed by atoms with Crippen molar-refractivity contribution in [3.05, 3.63) is 53.8 Å². The van der Waals surface area contributed by atoms with Crippen molar-refractivity contribution in [1.82, 2.24) is 9.97 Å². The predicted octanol–water partition coefficient (Wildman–Crippen LogP) is 3.63. The molecule has 8 heteroatoms. The van der Waals surface area contributed by atoms with Crippen molar-refractivity contribution in [3.8, 4) is 11.3 Å². The quantitative estimate of drug-likeness (QED) is 0.729. The second-order valence-electron chi connectivity index (χ2n) is 6.55. The minimum absolute atomic E-state index is 0.132. The van der Waals surface area contributed by atoms with Crippen LogP contribution in [0.4, 0.5) is 21.0 Å². The molecule has 0 bridgehead atoms. The van der Waals surface area contributed by atoms with Crippen LogP contribution in [-0.4, -0.2) is 42.1 Å². The van der Waals surface area contributed by atoms with Gasteiger partial charge in [-0.1, -0.05) is 12.1 Å². The number of rotatable bonds is 4. The van der Waals surface area contributed by atoms with Crippen molar-refractivity contribution in [1.29, 1.82) is 0 Å². The molecule has 1 fully saturated rings. The molecule has 0 unspecified atom stereocenters. The molecule has 2 aromatic heterocycles. The van der Waals surface area contributed by atoms with Gasteiger partial charge in [-0.2, -0.15) is 0 Å². The highest BCUT2D eigenvalue weighted by Gasteiger charge is 2.20. The number of aromatic nitrogens is 2. The molecule has 1 saturated heterocycles. The zero-order chi connectivity index (χ0) is 19.5. The highest BCUT2D eigenvalue weighted by Crippen LogP contribution is 2.30. The number of hydrogen-bond donors (Lipinski definition) is 1. The first-order valence-corrected chi connectivity index (χ1v) is 9.92. The average molecular weight is 397 g/mol. The number of amides is 1. The predicted molar refractivity (Wildman–Crippen MR) is 110 cm³/mol. The Morgan fingerprint density at radius 3 is 2.54 bits per heavy atom. The molecule has 0 radical (unpaired) electrons. The maximum absolute atomic E-state index is 14.0. The van der Waals surface area contributed by atoms with E-state index in [1.807, 2.05) is 23.6 Å². The Hall–Kier alpha value is -3.00. The summed E-state index contributed by atoms with van der Waals surface area (Å²) in [5.74, 6) is 0.171. The Bertz CT molecular complexity index is 967. The third-order valence-electron chi connectivity index (χ3n) is 4.61. The molecule has 144 valence electrons. The van der Waals surface area contributed by atoms with E-state index in [-0.39, 0.29) is 11.7 Å². The number of carbonyl (C=O) groups is 1. The molecule has 1 amide bonds. The fourth-order valence-corrected chi connectivity index (χ4v) is 4.06. The lowest BCUT2D eigenvalue weighted by molar-refractivity contribution is -0.114. The molecular weight excluding hydrogens is 377 g/mol. The van der Waals surface area contributed by atoms with Crippen molar-refractivity contribution in [3.63, 3.8) is 0 Å². The minimum atomic E-state index is -0.251. The third-order valence-corrected chi connectivity index (χ3v) is 5.51. The van der Waals surface area contributed by atoms with E-state index in [0.29, 0.717) is 17.1 Å². The fourth-order valence-electron chi connectivity index (χ4n) is 3.19. The lowest BCUT2D eigenvalue weighted by atomic mass is 10.2. The molecule has 1 aromatic carbocycles. The number of thiazole rings is 1. The van der Waals surface area contributed by atoms with E-state index in [1.54, 1.807) is 29.7 Å². The van der Waals surface area contributed by atoms with Gasteiger partial charge in [0.25, 0.3) is 0 Å². The van der Waals surface area contributed by atoms with Crippen LogP contribution in [0.1, 0.15) is 6.92 Å². The molecule has 0 atom stereocenters. The minimum Gasteiger partial charge on any atom is -0.367 e. The van der Waals surface area contributed by atoms with Gasteiger partial charge in [-0.3, -0.25) is 4.79 Å². The van der Waals surface area contributed by atoms with Gasteiger partial charge >= 0.3 is 0 Å². The van der Waals surface area contributed by atoms with Gasteiger partial charge in [0, 0.05) is 44.0 Å². The fraction of sp³-hybridized carbons (Fsp3) is 0.250. The Morgan fingerprint density at radius 1 is 1.11 bits per heavy atom. The number of anilines is 3. The lowest BCUT2D eigenvalue weighted by Crippen LogP contribution is -2.46. The van der Waals surface area contributed by atoms with Crippen molar-refractivity contribution < 1.29 is 9.18 Å². The van der Waals surface area contributed by atoms with E-state index in [1.165, 1.54) is 13.0 Å². The molecular formula is C20H20FN5OS. The molecule has 28 heavy (non-hydrogen) atoms. The second-order valence-corrected chi connectivity index (χ2v) is 7.39. The van der Waals surface area contributed by atoms with E-state index in [2.05, 4.69) is 25.1 Å². The highest BCUT2D eigenvalue weighted by molar-refractivity contribution is 7.14. The van der Waals surface area contributed by atoms with Gasteiger partial charge < -0.3 is 15.1 Å². The van der Waals surface area contributed by atoms with Gasteiger partial charge in [-0.25, -0.2) is 14.4 Å². The summed E-state index contributed by atoms with van der Waals surface area (Å²) in [6, 6.07) is 10.5. The summed E-state index contributed by atoms with van der Waals surface area (Å²) < 4.78 is 14.0. The topological polar surface area (TPSA) is 61.4 Å². The lowest BCUT2D eigenvalue weighted by Gasteiger charge is -2.35. The van der Waals surface area contributed by atoms with E-state index in [0.717, 1.165) is 37.0 Å². The Balaban J connectivity index is 1.39. The summed E-state index contributed by atoms with van der Waals surface area (Å²) in [4.78, 5) is 24.5. The van der Waals surface area contributed by atoms with E-state index < -0.39 is 0 Å². The van der Waals surface area contributed by atoms with Gasteiger partial charge in [0.05, 0.1) is 17.6 Å². The molecule has 6 nitrogen and oxygen atoms in total. The van der Waals surface area contributed by atoms with E-state index in [4.69, 9.17) is 0 Å². The molecule has 1 N–H and O–H groups in total. The molecule has 0 spiro atoms. The maximum Gasteiger partial charge on any atom is 0.222 e. The smallest absolute Gasteiger partial charge is 0.222 e. The number of hydrogen-bond acceptors (Lipinski definition) is 6. The van der Waals surface area contributed by atoms with E-state index in [9.17, 15) is 9.18 Å². The molecule has 1 aliphatic rings. The highest BCUT2D eigenvalue weighted by atomic mass is 32.1. The van der Waals surface area contributed by atoms with Crippen LogP contribution in [0.2, 0.25) is 0 Å². The first-order chi connectivity index (χ1) is 13.6. The first kappa shape index (κ1) is 18.4. The standard InChI is InChI=1S/C20H20FN5OS/c1-14(27)23-19-7-6-15(12-22-19)25-8-10-26(11-9-25)20-24-18(13-28-20)16-4-2-3-5-17(16)21/h2-7,12-13H,8-11H2,1H3,(H,22,23,27). The van der Waals surface area contributed by atoms with Crippen LogP contribution in [0.15, 0.2) is 48.0 Å². The van der Waals surface area contributed by atoms with Gasteiger partial charge in [0.15, 0.2) is 5.13 Å².